The molecule has 0 radical (unpaired) electrons. The minimum absolute atomic E-state index is 0.128. The summed E-state index contributed by atoms with van der Waals surface area (Å²) in [6.07, 6.45) is 3.66. The van der Waals surface area contributed by atoms with Crippen LogP contribution in [-0.4, -0.2) is 0 Å². The van der Waals surface area contributed by atoms with Crippen LogP contribution in [0.25, 0.3) is 0 Å². The standard InChI is InChI=1S/C15H16BrNS/c16-14-9-8-13(18-14)15(17)12-7-3-5-10-4-1-2-6-11(10)12/h1-2,4,6,8-9,12,15H,3,5,7,17H2. The van der Waals surface area contributed by atoms with Gasteiger partial charge in [0.25, 0.3) is 0 Å². The topological polar surface area (TPSA) is 26.0 Å². The van der Waals surface area contributed by atoms with Crippen LogP contribution in [0.5, 0.6) is 0 Å². The fourth-order valence-corrected chi connectivity index (χ4v) is 4.36. The molecule has 0 saturated heterocycles. The lowest BCUT2D eigenvalue weighted by molar-refractivity contribution is 0.479. The SMILES string of the molecule is NC(c1ccc(Br)s1)C1CCCc2ccccc21. The average Bonchev–Trinajstić information content (AvgIpc) is 2.84. The zero-order valence-electron chi connectivity index (χ0n) is 10.1. The van der Waals surface area contributed by atoms with Gasteiger partial charge in [-0.3, -0.25) is 0 Å². The second kappa shape index (κ2) is 5.16. The first-order valence-electron chi connectivity index (χ1n) is 6.34. The van der Waals surface area contributed by atoms with Gasteiger partial charge in [0.05, 0.1) is 3.79 Å². The Morgan fingerprint density at radius 2 is 2.06 bits per heavy atom. The van der Waals surface area contributed by atoms with E-state index in [2.05, 4.69) is 52.3 Å². The van der Waals surface area contributed by atoms with Gasteiger partial charge in [-0.05, 0) is 58.5 Å². The molecule has 2 atom stereocenters. The van der Waals surface area contributed by atoms with E-state index < -0.39 is 0 Å². The van der Waals surface area contributed by atoms with Gasteiger partial charge < -0.3 is 5.73 Å². The molecule has 2 aromatic rings. The van der Waals surface area contributed by atoms with Gasteiger partial charge in [-0.15, -0.1) is 11.3 Å². The molecular weight excluding hydrogens is 306 g/mol. The molecule has 1 aromatic carbocycles. The Labute approximate surface area is 120 Å². The highest BCUT2D eigenvalue weighted by atomic mass is 79.9. The summed E-state index contributed by atoms with van der Waals surface area (Å²) in [5.41, 5.74) is 9.43. The zero-order valence-corrected chi connectivity index (χ0v) is 12.5. The molecule has 2 unspecified atom stereocenters. The molecule has 1 aliphatic rings. The average molecular weight is 322 g/mol. The normalized spacial score (nSPS) is 20.4. The second-order valence-corrected chi connectivity index (χ2v) is 7.36. The van der Waals surface area contributed by atoms with Crippen LogP contribution in [0.3, 0.4) is 0 Å². The number of benzene rings is 1. The molecule has 1 aromatic heterocycles. The summed E-state index contributed by atoms with van der Waals surface area (Å²) in [4.78, 5) is 1.28. The van der Waals surface area contributed by atoms with Crippen molar-refractivity contribution in [1.82, 2.24) is 0 Å². The smallest absolute Gasteiger partial charge is 0.0701 e. The number of nitrogens with two attached hydrogens (primary N) is 1. The van der Waals surface area contributed by atoms with E-state index in [9.17, 15) is 0 Å². The zero-order chi connectivity index (χ0) is 12.5. The monoisotopic (exact) mass is 321 g/mol. The van der Waals surface area contributed by atoms with Crippen LogP contribution in [0, 0.1) is 0 Å². The molecule has 94 valence electrons. The molecule has 0 bridgehead atoms. The Morgan fingerprint density at radius 3 is 2.83 bits per heavy atom. The highest BCUT2D eigenvalue weighted by Crippen LogP contribution is 2.41. The van der Waals surface area contributed by atoms with Gasteiger partial charge in [0.2, 0.25) is 0 Å². The number of hydrogen-bond acceptors (Lipinski definition) is 2. The van der Waals surface area contributed by atoms with Gasteiger partial charge in [0.15, 0.2) is 0 Å². The van der Waals surface area contributed by atoms with E-state index in [1.807, 2.05) is 0 Å². The van der Waals surface area contributed by atoms with E-state index >= 15 is 0 Å². The summed E-state index contributed by atoms with van der Waals surface area (Å²) in [6.45, 7) is 0. The lowest BCUT2D eigenvalue weighted by atomic mass is 9.78. The molecule has 1 heterocycles. The highest BCUT2D eigenvalue weighted by Gasteiger charge is 2.27. The molecule has 0 saturated carbocycles. The van der Waals surface area contributed by atoms with Crippen LogP contribution in [0.15, 0.2) is 40.2 Å². The van der Waals surface area contributed by atoms with E-state index in [1.54, 1.807) is 11.3 Å². The van der Waals surface area contributed by atoms with E-state index in [-0.39, 0.29) is 6.04 Å². The molecule has 0 amide bonds. The molecule has 1 aliphatic carbocycles. The summed E-state index contributed by atoms with van der Waals surface area (Å²) in [6, 6.07) is 13.1. The summed E-state index contributed by atoms with van der Waals surface area (Å²) >= 11 is 5.27. The number of rotatable bonds is 2. The van der Waals surface area contributed by atoms with Crippen molar-refractivity contribution in [2.45, 2.75) is 31.2 Å². The lowest BCUT2D eigenvalue weighted by Crippen LogP contribution is -2.22. The predicted octanol–water partition coefficient (Wildman–Crippen LogP) is 4.63. The van der Waals surface area contributed by atoms with Crippen molar-refractivity contribution in [3.63, 3.8) is 0 Å². The maximum Gasteiger partial charge on any atom is 0.0701 e. The van der Waals surface area contributed by atoms with Crippen molar-refractivity contribution < 1.29 is 0 Å². The van der Waals surface area contributed by atoms with Crippen LogP contribution < -0.4 is 5.73 Å². The van der Waals surface area contributed by atoms with Crippen molar-refractivity contribution in [1.29, 1.82) is 0 Å². The number of hydrogen-bond donors (Lipinski definition) is 1. The van der Waals surface area contributed by atoms with E-state index in [1.165, 1.54) is 35.3 Å². The van der Waals surface area contributed by atoms with Crippen LogP contribution in [0.1, 0.15) is 40.8 Å². The molecule has 0 fully saturated rings. The van der Waals surface area contributed by atoms with Gasteiger partial charge in [0.1, 0.15) is 0 Å². The molecule has 2 N–H and O–H groups in total. The first-order valence-corrected chi connectivity index (χ1v) is 7.95. The van der Waals surface area contributed by atoms with Crippen LogP contribution in [0.4, 0.5) is 0 Å². The van der Waals surface area contributed by atoms with Gasteiger partial charge in [0, 0.05) is 16.8 Å². The third-order valence-corrected chi connectivity index (χ3v) is 5.50. The summed E-state index contributed by atoms with van der Waals surface area (Å²) < 4.78 is 1.16. The maximum atomic E-state index is 6.49. The van der Waals surface area contributed by atoms with E-state index in [4.69, 9.17) is 5.73 Å². The Kier molecular flexibility index (Phi) is 3.55. The first kappa shape index (κ1) is 12.4. The van der Waals surface area contributed by atoms with Gasteiger partial charge >= 0.3 is 0 Å². The largest absolute Gasteiger partial charge is 0.323 e. The second-order valence-electron chi connectivity index (χ2n) is 4.87. The van der Waals surface area contributed by atoms with Gasteiger partial charge in [-0.2, -0.15) is 0 Å². The maximum absolute atomic E-state index is 6.49. The molecule has 1 nitrogen and oxygen atoms in total. The molecule has 18 heavy (non-hydrogen) atoms. The summed E-state index contributed by atoms with van der Waals surface area (Å²) in [5.74, 6) is 0.473. The minimum Gasteiger partial charge on any atom is -0.323 e. The third-order valence-electron chi connectivity index (χ3n) is 3.77. The van der Waals surface area contributed by atoms with E-state index in [0.717, 1.165) is 3.79 Å². The van der Waals surface area contributed by atoms with Crippen molar-refractivity contribution in [3.05, 3.63) is 56.2 Å². The fourth-order valence-electron chi connectivity index (χ4n) is 2.87. The first-order chi connectivity index (χ1) is 8.75. The van der Waals surface area contributed by atoms with Crippen LogP contribution >= 0.6 is 27.3 Å². The Hall–Kier alpha value is -0.640. The molecule has 0 spiro atoms. The number of thiophene rings is 1. The molecule has 3 heteroatoms. The number of fused-ring (bicyclic) bond motifs is 1. The Balaban J connectivity index is 1.94. The Bertz CT molecular complexity index is 549. The highest BCUT2D eigenvalue weighted by molar-refractivity contribution is 9.11. The number of aryl methyl sites for hydroxylation is 1. The van der Waals surface area contributed by atoms with Crippen LogP contribution in [-0.2, 0) is 6.42 Å². The van der Waals surface area contributed by atoms with E-state index in [0.29, 0.717) is 5.92 Å². The summed E-state index contributed by atoms with van der Waals surface area (Å²) in [5, 5.41) is 0. The quantitative estimate of drug-likeness (QED) is 0.857. The molecule has 3 rings (SSSR count). The Morgan fingerprint density at radius 1 is 1.22 bits per heavy atom. The molecule has 0 aliphatic heterocycles. The van der Waals surface area contributed by atoms with Crippen molar-refractivity contribution in [2.24, 2.45) is 5.73 Å². The fraction of sp³-hybridized carbons (Fsp3) is 0.333. The lowest BCUT2D eigenvalue weighted by Gasteiger charge is -2.29. The molecular formula is C15H16BrNS. The van der Waals surface area contributed by atoms with Crippen molar-refractivity contribution in [2.75, 3.05) is 0 Å². The predicted molar refractivity (Wildman–Crippen MR) is 81.1 cm³/mol. The van der Waals surface area contributed by atoms with Gasteiger partial charge in [-0.1, -0.05) is 24.3 Å². The number of halogens is 1. The van der Waals surface area contributed by atoms with Gasteiger partial charge in [-0.25, -0.2) is 0 Å². The minimum atomic E-state index is 0.128. The third kappa shape index (κ3) is 2.27. The van der Waals surface area contributed by atoms with Crippen molar-refractivity contribution in [3.8, 4) is 0 Å². The van der Waals surface area contributed by atoms with Crippen molar-refractivity contribution >= 4 is 27.3 Å². The summed E-state index contributed by atoms with van der Waals surface area (Å²) in [7, 11) is 0. The van der Waals surface area contributed by atoms with Crippen LogP contribution in [0.2, 0.25) is 0 Å².